The quantitative estimate of drug-likeness (QED) is 0.505. The molecule has 2 radical (unpaired) electrons. The Morgan fingerprint density at radius 1 is 0.615 bits per heavy atom. The first-order chi connectivity index (χ1) is 2.64. The van der Waals surface area contributed by atoms with Gasteiger partial charge in [-0.2, -0.15) is 0 Å². The van der Waals surface area contributed by atoms with Gasteiger partial charge in [0, 0.05) is 37.1 Å². The second-order valence-corrected chi connectivity index (χ2v) is 0.610. The largest absolute Gasteiger partial charge is 2.00 e. The van der Waals surface area contributed by atoms with Crippen molar-refractivity contribution >= 4 is 11.9 Å². The average Bonchev–Trinajstić information content (AvgIpc) is 1.36. The van der Waals surface area contributed by atoms with E-state index in [1.54, 1.807) is 0 Å². The molecule has 84 valence electrons. The molecule has 0 aromatic carbocycles. The van der Waals surface area contributed by atoms with E-state index in [0.29, 0.717) is 0 Å². The molecule has 0 aromatic heterocycles. The molecule has 0 saturated heterocycles. The van der Waals surface area contributed by atoms with Gasteiger partial charge in [-0.15, -0.1) is 0 Å². The summed E-state index contributed by atoms with van der Waals surface area (Å²) in [6, 6.07) is 0. The predicted octanol–water partition coefficient (Wildman–Crippen LogP) is -1.44. The molecule has 0 aromatic rings. The van der Waals surface area contributed by atoms with Crippen LogP contribution in [0.25, 0.3) is 0 Å². The summed E-state index contributed by atoms with van der Waals surface area (Å²) in [5.41, 5.74) is 0. The van der Waals surface area contributed by atoms with Gasteiger partial charge in [-0.1, -0.05) is 0 Å². The van der Waals surface area contributed by atoms with Gasteiger partial charge in [0.1, 0.15) is 0 Å². The van der Waals surface area contributed by atoms with E-state index in [1.165, 1.54) is 0 Å². The summed E-state index contributed by atoms with van der Waals surface area (Å²) in [5, 5.41) is 14.8. The first-order valence-electron chi connectivity index (χ1n) is 1.11. The van der Waals surface area contributed by atoms with Crippen LogP contribution in [0, 0.1) is 0 Å². The Kier molecular flexibility index (Phi) is 237. The number of carboxylic acid groups (broad SMARTS) is 2. The number of carbonyl (C=O) groups is 2. The van der Waals surface area contributed by atoms with Gasteiger partial charge in [-0.05, 0) is 0 Å². The van der Waals surface area contributed by atoms with Crippen molar-refractivity contribution in [3.05, 3.63) is 0 Å². The van der Waals surface area contributed by atoms with Gasteiger partial charge in [0.15, 0.2) is 0 Å². The third-order valence-corrected chi connectivity index (χ3v) is 0.183. The van der Waals surface area contributed by atoms with Crippen molar-refractivity contribution < 1.29 is 84.3 Å². The standard InChI is InChI=1S/C2H2O4.5O.2V/c3-1(4)2(5)6;;;;;;;/h(H,3,4)(H,5,6);;;;;;;/q;5*-2;;. The van der Waals surface area contributed by atoms with E-state index in [4.69, 9.17) is 19.8 Å². The van der Waals surface area contributed by atoms with Crippen LogP contribution in [0.3, 0.4) is 0 Å². The fourth-order valence-electron chi connectivity index (χ4n) is 0. The molecule has 0 bridgehead atoms. The van der Waals surface area contributed by atoms with E-state index in [2.05, 4.69) is 0 Å². The van der Waals surface area contributed by atoms with Gasteiger partial charge in [0.25, 0.3) is 0 Å². The Labute approximate surface area is 96.4 Å². The van der Waals surface area contributed by atoms with Gasteiger partial charge in [0.2, 0.25) is 0 Å². The van der Waals surface area contributed by atoms with E-state index < -0.39 is 11.9 Å². The maximum absolute atomic E-state index is 9.10. The second-order valence-electron chi connectivity index (χ2n) is 0.610. The fourth-order valence-corrected chi connectivity index (χ4v) is 0. The molecule has 0 aliphatic heterocycles. The van der Waals surface area contributed by atoms with Crippen LogP contribution in [-0.4, -0.2) is 22.2 Å². The molecule has 0 unspecified atom stereocenters. The van der Waals surface area contributed by atoms with Crippen LogP contribution >= 0.6 is 0 Å². The molecule has 0 aliphatic carbocycles. The van der Waals surface area contributed by atoms with Gasteiger partial charge in [-0.3, -0.25) is 0 Å². The zero-order valence-electron chi connectivity index (χ0n) is 5.65. The molecular formula is C2H2O9V2-10. The van der Waals surface area contributed by atoms with Crippen molar-refractivity contribution in [2.75, 3.05) is 0 Å². The van der Waals surface area contributed by atoms with Crippen molar-refractivity contribution in [2.24, 2.45) is 0 Å². The number of hydrogen-bond acceptors (Lipinski definition) is 2. The number of rotatable bonds is 0. The number of aliphatic carboxylic acids is 2. The van der Waals surface area contributed by atoms with E-state index in [9.17, 15) is 0 Å². The Bertz CT molecular complexity index is 81.6. The Morgan fingerprint density at radius 2 is 0.692 bits per heavy atom. The minimum atomic E-state index is -1.82. The summed E-state index contributed by atoms with van der Waals surface area (Å²) in [4.78, 5) is 18.2. The molecule has 9 nitrogen and oxygen atoms in total. The predicted molar refractivity (Wildman–Crippen MR) is 18.7 cm³/mol. The van der Waals surface area contributed by atoms with Crippen LogP contribution in [-0.2, 0) is 74.1 Å². The van der Waals surface area contributed by atoms with Crippen LogP contribution in [0.1, 0.15) is 0 Å². The maximum Gasteiger partial charge on any atom is 0.414 e. The molecular weight excluding hydrogens is 270 g/mol. The normalized spacial score (nSPS) is 3.38. The summed E-state index contributed by atoms with van der Waals surface area (Å²) >= 11 is 0. The van der Waals surface area contributed by atoms with E-state index >= 15 is 0 Å². The summed E-state index contributed by atoms with van der Waals surface area (Å²) in [7, 11) is 0. The number of carboxylic acids is 2. The summed E-state index contributed by atoms with van der Waals surface area (Å²) in [6.07, 6.45) is 0. The third-order valence-electron chi connectivity index (χ3n) is 0.183. The van der Waals surface area contributed by atoms with Crippen LogP contribution in [0.5, 0.6) is 0 Å². The smallest absolute Gasteiger partial charge is 0.414 e. The Hall–Kier alpha value is -0.0912. The first kappa shape index (κ1) is 76.0. The van der Waals surface area contributed by atoms with Gasteiger partial charge < -0.3 is 37.6 Å². The van der Waals surface area contributed by atoms with E-state index in [1.807, 2.05) is 0 Å². The fraction of sp³-hybridized carbons (Fsp3) is 0. The summed E-state index contributed by atoms with van der Waals surface area (Å²) in [5.74, 6) is -3.65. The average molecular weight is 272 g/mol. The zero-order chi connectivity index (χ0) is 5.15. The molecule has 0 rings (SSSR count). The van der Waals surface area contributed by atoms with Crippen molar-refractivity contribution in [2.45, 2.75) is 0 Å². The molecule has 0 amide bonds. The summed E-state index contributed by atoms with van der Waals surface area (Å²) in [6.45, 7) is 0. The SMILES string of the molecule is O=C(O)C(=O)O.[O-2].[O-2].[O-2].[O-2].[O-2].[V].[V]. The van der Waals surface area contributed by atoms with Crippen LogP contribution in [0.15, 0.2) is 0 Å². The van der Waals surface area contributed by atoms with Crippen molar-refractivity contribution in [3.63, 3.8) is 0 Å². The zero-order valence-corrected chi connectivity index (χ0v) is 8.44. The molecule has 0 fully saturated rings. The second kappa shape index (κ2) is 40.6. The summed E-state index contributed by atoms with van der Waals surface area (Å²) < 4.78 is 0. The Balaban J connectivity index is -0.00000000595. The molecule has 0 saturated carbocycles. The molecule has 11 heteroatoms. The maximum atomic E-state index is 9.10. The van der Waals surface area contributed by atoms with Crippen LogP contribution < -0.4 is 0 Å². The minimum absolute atomic E-state index is 0. The van der Waals surface area contributed by atoms with Gasteiger partial charge in [-0.25, -0.2) is 9.59 Å². The van der Waals surface area contributed by atoms with E-state index in [-0.39, 0.29) is 64.5 Å². The minimum Gasteiger partial charge on any atom is -2.00 e. The molecule has 0 spiro atoms. The van der Waals surface area contributed by atoms with Crippen LogP contribution in [0.4, 0.5) is 0 Å². The monoisotopic (exact) mass is 272 g/mol. The molecule has 2 N–H and O–H groups in total. The van der Waals surface area contributed by atoms with Crippen molar-refractivity contribution in [1.29, 1.82) is 0 Å². The van der Waals surface area contributed by atoms with Crippen molar-refractivity contribution in [3.8, 4) is 0 Å². The van der Waals surface area contributed by atoms with Crippen molar-refractivity contribution in [1.82, 2.24) is 0 Å². The molecule has 13 heavy (non-hydrogen) atoms. The van der Waals surface area contributed by atoms with E-state index in [0.717, 1.165) is 0 Å². The van der Waals surface area contributed by atoms with Gasteiger partial charge >= 0.3 is 11.9 Å². The number of hydrogen-bond donors (Lipinski definition) is 2. The first-order valence-corrected chi connectivity index (χ1v) is 1.11. The topological polar surface area (TPSA) is 217 Å². The van der Waals surface area contributed by atoms with Gasteiger partial charge in [0.05, 0.1) is 0 Å². The Morgan fingerprint density at radius 3 is 0.692 bits per heavy atom. The van der Waals surface area contributed by atoms with Crippen LogP contribution in [0.2, 0.25) is 0 Å². The third kappa shape index (κ3) is 76.5. The molecule has 0 atom stereocenters. The molecule has 0 aliphatic rings. The molecule has 0 heterocycles.